The monoisotopic (exact) mass is 269 g/mol. The molecule has 3 nitrogen and oxygen atoms in total. The van der Waals surface area contributed by atoms with Crippen LogP contribution in [0.15, 0.2) is 30.3 Å². The van der Waals surface area contributed by atoms with Crippen LogP contribution in [-0.2, 0) is 4.79 Å². The lowest BCUT2D eigenvalue weighted by molar-refractivity contribution is -0.130. The third-order valence-electron chi connectivity index (χ3n) is 2.62. The molecule has 0 saturated carbocycles. The first kappa shape index (κ1) is 14.8. The number of carbonyl (C=O) groups excluding carboxylic acids is 1. The number of hydrogen-bond acceptors (Lipinski definition) is 2. The van der Waals surface area contributed by atoms with Crippen molar-refractivity contribution in [2.24, 2.45) is 0 Å². The van der Waals surface area contributed by atoms with Gasteiger partial charge in [-0.1, -0.05) is 18.2 Å². The van der Waals surface area contributed by atoms with E-state index >= 15 is 0 Å². The summed E-state index contributed by atoms with van der Waals surface area (Å²) in [4.78, 5) is 13.5. The third kappa shape index (κ3) is 5.92. The van der Waals surface area contributed by atoms with E-state index in [-0.39, 0.29) is 11.3 Å². The lowest BCUT2D eigenvalue weighted by Crippen LogP contribution is -2.29. The minimum Gasteiger partial charge on any atom is -0.493 e. The van der Waals surface area contributed by atoms with Crippen molar-refractivity contribution in [3.8, 4) is 5.75 Å². The predicted molar refractivity (Wildman–Crippen MR) is 74.1 cm³/mol. The van der Waals surface area contributed by atoms with Gasteiger partial charge in [-0.2, -0.15) is 0 Å². The van der Waals surface area contributed by atoms with Gasteiger partial charge in [-0.05, 0) is 25.5 Å². The third-order valence-corrected chi connectivity index (χ3v) is 2.83. The zero-order valence-electron chi connectivity index (χ0n) is 10.9. The second-order valence-electron chi connectivity index (χ2n) is 4.30. The average Bonchev–Trinajstić information content (AvgIpc) is 2.37. The van der Waals surface area contributed by atoms with Crippen LogP contribution in [0.25, 0.3) is 0 Å². The molecule has 0 fully saturated rings. The highest BCUT2D eigenvalue weighted by atomic mass is 35.5. The minimum absolute atomic E-state index is 0.0863. The van der Waals surface area contributed by atoms with E-state index in [4.69, 9.17) is 16.3 Å². The summed E-state index contributed by atoms with van der Waals surface area (Å²) in [6, 6.07) is 9.50. The van der Waals surface area contributed by atoms with Crippen LogP contribution in [0.4, 0.5) is 0 Å². The molecule has 0 aliphatic rings. The minimum atomic E-state index is 0.0863. The molecule has 1 atom stereocenters. The molecule has 0 aliphatic carbocycles. The van der Waals surface area contributed by atoms with Crippen LogP contribution in [0, 0.1) is 0 Å². The number of hydrogen-bond donors (Lipinski definition) is 0. The molecule has 0 heterocycles. The maximum absolute atomic E-state index is 11.7. The first-order chi connectivity index (χ1) is 8.59. The van der Waals surface area contributed by atoms with Gasteiger partial charge in [0.1, 0.15) is 5.75 Å². The van der Waals surface area contributed by atoms with Crippen molar-refractivity contribution in [2.45, 2.75) is 25.1 Å². The summed E-state index contributed by atoms with van der Waals surface area (Å²) >= 11 is 5.85. The first-order valence-corrected chi connectivity index (χ1v) is 6.59. The second kappa shape index (κ2) is 7.98. The quantitative estimate of drug-likeness (QED) is 0.713. The molecule has 0 bridgehead atoms. The summed E-state index contributed by atoms with van der Waals surface area (Å²) in [5.74, 6) is 0.880. The van der Waals surface area contributed by atoms with Gasteiger partial charge in [0.15, 0.2) is 0 Å². The van der Waals surface area contributed by atoms with Gasteiger partial charge >= 0.3 is 0 Å². The van der Waals surface area contributed by atoms with Gasteiger partial charge in [-0.3, -0.25) is 4.79 Å². The van der Waals surface area contributed by atoms with Crippen molar-refractivity contribution < 1.29 is 9.53 Å². The van der Waals surface area contributed by atoms with Gasteiger partial charge in [0.05, 0.1) is 13.0 Å². The molecule has 0 saturated heterocycles. The number of para-hydroxylation sites is 1. The molecular weight excluding hydrogens is 250 g/mol. The molecule has 0 N–H and O–H groups in total. The number of rotatable bonds is 7. The number of nitrogens with zero attached hydrogens (tertiary/aromatic N) is 1. The fourth-order valence-corrected chi connectivity index (χ4v) is 1.56. The van der Waals surface area contributed by atoms with E-state index in [1.54, 1.807) is 11.9 Å². The standard InChI is InChI=1S/C14H20ClNO2/c1-12(15)8-10-16(2)14(17)9-11-18-13-6-4-3-5-7-13/h3-7,12H,8-11H2,1-2H3. The van der Waals surface area contributed by atoms with E-state index in [0.29, 0.717) is 19.6 Å². The summed E-state index contributed by atoms with van der Waals surface area (Å²) in [5, 5.41) is 0.0980. The number of amides is 1. The molecule has 1 aromatic rings. The highest BCUT2D eigenvalue weighted by molar-refractivity contribution is 6.20. The van der Waals surface area contributed by atoms with Crippen molar-refractivity contribution in [3.63, 3.8) is 0 Å². The molecule has 1 rings (SSSR count). The molecule has 18 heavy (non-hydrogen) atoms. The predicted octanol–water partition coefficient (Wildman–Crippen LogP) is 2.93. The molecule has 1 aromatic carbocycles. The maximum atomic E-state index is 11.7. The molecular formula is C14H20ClNO2. The van der Waals surface area contributed by atoms with Crippen molar-refractivity contribution in [2.75, 3.05) is 20.2 Å². The van der Waals surface area contributed by atoms with E-state index in [9.17, 15) is 4.79 Å². The smallest absolute Gasteiger partial charge is 0.225 e. The summed E-state index contributed by atoms with van der Waals surface area (Å²) in [6.45, 7) is 3.02. The molecule has 0 spiro atoms. The molecule has 100 valence electrons. The largest absolute Gasteiger partial charge is 0.493 e. The average molecular weight is 270 g/mol. The summed E-state index contributed by atoms with van der Waals surface area (Å²) in [7, 11) is 1.80. The lowest BCUT2D eigenvalue weighted by atomic mass is 10.3. The number of benzene rings is 1. The van der Waals surface area contributed by atoms with Gasteiger partial charge in [0.25, 0.3) is 0 Å². The van der Waals surface area contributed by atoms with Crippen LogP contribution in [0.5, 0.6) is 5.75 Å². The number of ether oxygens (including phenoxy) is 1. The lowest BCUT2D eigenvalue weighted by Gasteiger charge is -2.17. The summed E-state index contributed by atoms with van der Waals surface area (Å²) in [6.07, 6.45) is 1.20. The van der Waals surface area contributed by atoms with Crippen LogP contribution < -0.4 is 4.74 Å². The van der Waals surface area contributed by atoms with Gasteiger partial charge in [0, 0.05) is 19.0 Å². The molecule has 1 amide bonds. The van der Waals surface area contributed by atoms with Gasteiger partial charge in [0.2, 0.25) is 5.91 Å². The summed E-state index contributed by atoms with van der Waals surface area (Å²) in [5.41, 5.74) is 0. The highest BCUT2D eigenvalue weighted by Gasteiger charge is 2.09. The molecule has 0 radical (unpaired) electrons. The second-order valence-corrected chi connectivity index (χ2v) is 5.04. The van der Waals surface area contributed by atoms with Crippen molar-refractivity contribution in [1.29, 1.82) is 0 Å². The SMILES string of the molecule is CC(Cl)CCN(C)C(=O)CCOc1ccccc1. The Morgan fingerprint density at radius 2 is 2.06 bits per heavy atom. The first-order valence-electron chi connectivity index (χ1n) is 6.15. The fraction of sp³-hybridized carbons (Fsp3) is 0.500. The Labute approximate surface area is 114 Å². The Balaban J connectivity index is 2.20. The van der Waals surface area contributed by atoms with E-state index in [1.165, 1.54) is 0 Å². The zero-order chi connectivity index (χ0) is 13.4. The van der Waals surface area contributed by atoms with E-state index in [1.807, 2.05) is 37.3 Å². The van der Waals surface area contributed by atoms with Gasteiger partial charge in [-0.25, -0.2) is 0 Å². The fourth-order valence-electron chi connectivity index (χ4n) is 1.46. The molecule has 4 heteroatoms. The molecule has 1 unspecified atom stereocenters. The van der Waals surface area contributed by atoms with Crippen molar-refractivity contribution in [1.82, 2.24) is 4.90 Å². The topological polar surface area (TPSA) is 29.5 Å². The molecule has 0 aromatic heterocycles. The number of halogens is 1. The van der Waals surface area contributed by atoms with E-state index in [2.05, 4.69) is 0 Å². The Hall–Kier alpha value is -1.22. The van der Waals surface area contributed by atoms with Crippen molar-refractivity contribution >= 4 is 17.5 Å². The Kier molecular flexibility index (Phi) is 6.58. The van der Waals surface area contributed by atoms with Gasteiger partial charge in [-0.15, -0.1) is 11.6 Å². The van der Waals surface area contributed by atoms with E-state index in [0.717, 1.165) is 12.2 Å². The van der Waals surface area contributed by atoms with Crippen LogP contribution in [0.1, 0.15) is 19.8 Å². The van der Waals surface area contributed by atoms with Crippen LogP contribution in [0.2, 0.25) is 0 Å². The van der Waals surface area contributed by atoms with Crippen LogP contribution in [0.3, 0.4) is 0 Å². The summed E-state index contributed by atoms with van der Waals surface area (Å²) < 4.78 is 5.48. The Morgan fingerprint density at radius 1 is 1.39 bits per heavy atom. The zero-order valence-corrected chi connectivity index (χ0v) is 11.7. The maximum Gasteiger partial charge on any atom is 0.225 e. The number of carbonyl (C=O) groups is 1. The normalized spacial score (nSPS) is 11.9. The van der Waals surface area contributed by atoms with Gasteiger partial charge < -0.3 is 9.64 Å². The van der Waals surface area contributed by atoms with Crippen LogP contribution >= 0.6 is 11.6 Å². The Morgan fingerprint density at radius 3 is 2.67 bits per heavy atom. The van der Waals surface area contributed by atoms with Crippen molar-refractivity contribution in [3.05, 3.63) is 30.3 Å². The Bertz CT molecular complexity index is 354. The highest BCUT2D eigenvalue weighted by Crippen LogP contribution is 2.09. The number of alkyl halides is 1. The molecule has 0 aliphatic heterocycles. The van der Waals surface area contributed by atoms with E-state index < -0.39 is 0 Å². The van der Waals surface area contributed by atoms with Crippen LogP contribution in [-0.4, -0.2) is 36.4 Å².